The second kappa shape index (κ2) is 7.36. The number of imide groups is 1. The van der Waals surface area contributed by atoms with Crippen molar-refractivity contribution in [2.75, 3.05) is 6.73 Å². The van der Waals surface area contributed by atoms with Gasteiger partial charge in [-0.2, -0.15) is 0 Å². The van der Waals surface area contributed by atoms with Gasteiger partial charge in [0.25, 0.3) is 11.8 Å². The molecule has 6 nitrogen and oxygen atoms in total. The third-order valence-corrected chi connectivity index (χ3v) is 4.28. The molecule has 1 heterocycles. The van der Waals surface area contributed by atoms with E-state index < -0.39 is 24.5 Å². The molecular weight excluding hydrogens is 358 g/mol. The van der Waals surface area contributed by atoms with Gasteiger partial charge in [0.2, 0.25) is 0 Å². The molecule has 138 valence electrons. The Morgan fingerprint density at radius 1 is 0.750 bits per heavy atom. The lowest BCUT2D eigenvalue weighted by Crippen LogP contribution is -2.33. The highest BCUT2D eigenvalue weighted by Gasteiger charge is 2.36. The number of benzene rings is 3. The first-order chi connectivity index (χ1) is 13.6. The van der Waals surface area contributed by atoms with Gasteiger partial charge in [0.05, 0.1) is 11.1 Å². The van der Waals surface area contributed by atoms with Crippen LogP contribution in [0, 0.1) is 0 Å². The summed E-state index contributed by atoms with van der Waals surface area (Å²) in [6, 6.07) is 22.1. The molecule has 0 unspecified atom stereocenters. The van der Waals surface area contributed by atoms with Crippen molar-refractivity contribution in [3.8, 4) is 11.5 Å². The number of nitrogens with zero attached hydrogens (tertiary/aromatic N) is 1. The standard InChI is InChI=1S/C22H15NO5/c24-20-16-10-4-5-11-17(16)21(25)23(20)14-27-22(26)18-12-6-7-13-19(18)28-15-8-2-1-3-9-15/h1-13H,14H2. The SMILES string of the molecule is O=C(OCN1C(=O)c2ccccc2C1=O)c1ccccc1Oc1ccccc1. The van der Waals surface area contributed by atoms with Crippen LogP contribution >= 0.6 is 0 Å². The second-order valence-corrected chi connectivity index (χ2v) is 6.06. The Balaban J connectivity index is 1.48. The number of esters is 1. The highest BCUT2D eigenvalue weighted by Crippen LogP contribution is 2.26. The Hall–Kier alpha value is -3.93. The number of fused-ring (bicyclic) bond motifs is 1. The molecule has 3 aromatic rings. The molecule has 0 N–H and O–H groups in total. The first-order valence-corrected chi connectivity index (χ1v) is 8.59. The van der Waals surface area contributed by atoms with Crippen molar-refractivity contribution in [3.63, 3.8) is 0 Å². The molecule has 0 fully saturated rings. The number of hydrogen-bond donors (Lipinski definition) is 0. The lowest BCUT2D eigenvalue weighted by atomic mass is 10.1. The van der Waals surface area contributed by atoms with Crippen LogP contribution < -0.4 is 4.74 Å². The Morgan fingerprint density at radius 2 is 1.32 bits per heavy atom. The minimum atomic E-state index is -0.692. The van der Waals surface area contributed by atoms with E-state index in [-0.39, 0.29) is 5.56 Å². The zero-order chi connectivity index (χ0) is 19.5. The molecule has 4 rings (SSSR count). The van der Waals surface area contributed by atoms with Crippen molar-refractivity contribution in [3.05, 3.63) is 95.6 Å². The van der Waals surface area contributed by atoms with Gasteiger partial charge < -0.3 is 9.47 Å². The maximum atomic E-state index is 12.5. The summed E-state index contributed by atoms with van der Waals surface area (Å²) in [5, 5.41) is 0. The summed E-state index contributed by atoms with van der Waals surface area (Å²) in [6.45, 7) is -0.467. The maximum Gasteiger partial charge on any atom is 0.343 e. The van der Waals surface area contributed by atoms with E-state index in [4.69, 9.17) is 9.47 Å². The van der Waals surface area contributed by atoms with Gasteiger partial charge in [-0.05, 0) is 36.4 Å². The smallest absolute Gasteiger partial charge is 0.343 e. The fraction of sp³-hybridized carbons (Fsp3) is 0.0455. The monoisotopic (exact) mass is 373 g/mol. The Kier molecular flexibility index (Phi) is 4.60. The number of amides is 2. The maximum absolute atomic E-state index is 12.5. The van der Waals surface area contributed by atoms with Gasteiger partial charge in [0.1, 0.15) is 17.1 Å². The Bertz CT molecular complexity index is 1030. The molecule has 0 atom stereocenters. The molecule has 0 aromatic heterocycles. The van der Waals surface area contributed by atoms with Crippen LogP contribution in [-0.4, -0.2) is 29.4 Å². The molecule has 6 heteroatoms. The third-order valence-electron chi connectivity index (χ3n) is 4.28. The highest BCUT2D eigenvalue weighted by atomic mass is 16.5. The van der Waals surface area contributed by atoms with Gasteiger partial charge in [-0.15, -0.1) is 0 Å². The molecule has 28 heavy (non-hydrogen) atoms. The van der Waals surface area contributed by atoms with E-state index in [0.717, 1.165) is 4.90 Å². The number of carbonyl (C=O) groups excluding carboxylic acids is 3. The summed E-state index contributed by atoms with van der Waals surface area (Å²) in [4.78, 5) is 38.2. The predicted molar refractivity (Wildman–Crippen MR) is 100 cm³/mol. The summed E-state index contributed by atoms with van der Waals surface area (Å²) >= 11 is 0. The van der Waals surface area contributed by atoms with Gasteiger partial charge >= 0.3 is 5.97 Å². The quantitative estimate of drug-likeness (QED) is 0.501. The Morgan fingerprint density at radius 3 is 2.00 bits per heavy atom. The molecule has 1 aliphatic rings. The lowest BCUT2D eigenvalue weighted by molar-refractivity contribution is 0.0226. The van der Waals surface area contributed by atoms with Crippen LogP contribution in [0.15, 0.2) is 78.9 Å². The average Bonchev–Trinajstić information content (AvgIpc) is 2.98. The zero-order valence-electron chi connectivity index (χ0n) is 14.7. The van der Waals surface area contributed by atoms with E-state index >= 15 is 0 Å². The largest absolute Gasteiger partial charge is 0.456 e. The predicted octanol–water partition coefficient (Wildman–Crippen LogP) is 3.89. The van der Waals surface area contributed by atoms with Crippen molar-refractivity contribution in [1.82, 2.24) is 4.90 Å². The van der Waals surface area contributed by atoms with Gasteiger partial charge in [-0.3, -0.25) is 9.59 Å². The van der Waals surface area contributed by atoms with Gasteiger partial charge in [-0.1, -0.05) is 42.5 Å². The van der Waals surface area contributed by atoms with Crippen molar-refractivity contribution in [2.24, 2.45) is 0 Å². The molecular formula is C22H15NO5. The first-order valence-electron chi connectivity index (χ1n) is 8.59. The van der Waals surface area contributed by atoms with Crippen molar-refractivity contribution in [2.45, 2.75) is 0 Å². The molecule has 0 aliphatic carbocycles. The molecule has 0 spiro atoms. The van der Waals surface area contributed by atoms with Crippen LogP contribution in [-0.2, 0) is 4.74 Å². The van der Waals surface area contributed by atoms with Gasteiger partial charge in [0, 0.05) is 0 Å². The zero-order valence-corrected chi connectivity index (χ0v) is 14.7. The van der Waals surface area contributed by atoms with Crippen LogP contribution in [0.4, 0.5) is 0 Å². The summed E-state index contributed by atoms with van der Waals surface area (Å²) in [7, 11) is 0. The van der Waals surface area contributed by atoms with Crippen LogP contribution in [0.5, 0.6) is 11.5 Å². The Labute approximate surface area is 160 Å². The van der Waals surface area contributed by atoms with Crippen molar-refractivity contribution >= 4 is 17.8 Å². The van der Waals surface area contributed by atoms with E-state index in [2.05, 4.69) is 0 Å². The molecule has 0 saturated carbocycles. The van der Waals surface area contributed by atoms with E-state index in [1.54, 1.807) is 60.7 Å². The second-order valence-electron chi connectivity index (χ2n) is 6.06. The van der Waals surface area contributed by atoms with E-state index in [1.165, 1.54) is 0 Å². The fourth-order valence-corrected chi connectivity index (χ4v) is 2.90. The number of ether oxygens (including phenoxy) is 2. The average molecular weight is 373 g/mol. The minimum Gasteiger partial charge on any atom is -0.456 e. The van der Waals surface area contributed by atoms with E-state index in [9.17, 15) is 14.4 Å². The van der Waals surface area contributed by atoms with Crippen LogP contribution in [0.3, 0.4) is 0 Å². The van der Waals surface area contributed by atoms with Crippen LogP contribution in [0.1, 0.15) is 31.1 Å². The summed E-state index contributed by atoms with van der Waals surface area (Å²) < 4.78 is 11.0. The van der Waals surface area contributed by atoms with E-state index in [1.807, 2.05) is 18.2 Å². The summed E-state index contributed by atoms with van der Waals surface area (Å²) in [5.41, 5.74) is 0.802. The van der Waals surface area contributed by atoms with Crippen LogP contribution in [0.2, 0.25) is 0 Å². The molecule has 0 bridgehead atoms. The topological polar surface area (TPSA) is 72.9 Å². The summed E-state index contributed by atoms with van der Waals surface area (Å²) in [6.07, 6.45) is 0. The minimum absolute atomic E-state index is 0.197. The number of para-hydroxylation sites is 2. The number of hydrogen-bond acceptors (Lipinski definition) is 5. The molecule has 0 saturated heterocycles. The van der Waals surface area contributed by atoms with Crippen molar-refractivity contribution < 1.29 is 23.9 Å². The number of rotatable bonds is 5. The van der Waals surface area contributed by atoms with Crippen LogP contribution in [0.25, 0.3) is 0 Å². The summed E-state index contributed by atoms with van der Waals surface area (Å²) in [5.74, 6) is -0.767. The number of carbonyl (C=O) groups is 3. The highest BCUT2D eigenvalue weighted by molar-refractivity contribution is 6.21. The van der Waals surface area contributed by atoms with Gasteiger partial charge in [0.15, 0.2) is 6.73 Å². The normalized spacial score (nSPS) is 12.6. The fourth-order valence-electron chi connectivity index (χ4n) is 2.90. The van der Waals surface area contributed by atoms with Crippen molar-refractivity contribution in [1.29, 1.82) is 0 Å². The third kappa shape index (κ3) is 3.23. The molecule has 0 radical (unpaired) electrons. The molecule has 1 aliphatic heterocycles. The van der Waals surface area contributed by atoms with E-state index in [0.29, 0.717) is 22.6 Å². The lowest BCUT2D eigenvalue weighted by Gasteiger charge is -2.15. The van der Waals surface area contributed by atoms with Gasteiger partial charge in [-0.25, -0.2) is 9.69 Å². The molecule has 2 amide bonds. The first kappa shape index (κ1) is 17.5. The molecule has 3 aromatic carbocycles.